The molecular formula is C7H10N4O5. The van der Waals surface area contributed by atoms with Crippen molar-refractivity contribution < 1.29 is 24.6 Å². The Bertz CT molecular complexity index is 340. The summed E-state index contributed by atoms with van der Waals surface area (Å²) in [6.45, 7) is -0.368. The number of carboxylic acid groups (broad SMARTS) is 1. The van der Waals surface area contributed by atoms with E-state index in [0.717, 1.165) is 5.06 Å². The summed E-state index contributed by atoms with van der Waals surface area (Å²) in [7, 11) is 0. The number of hydrogen-bond acceptors (Lipinski definition) is 5. The van der Waals surface area contributed by atoms with Crippen LogP contribution >= 0.6 is 0 Å². The number of amides is 1. The van der Waals surface area contributed by atoms with E-state index in [9.17, 15) is 14.7 Å². The Labute approximate surface area is 89.8 Å². The van der Waals surface area contributed by atoms with Gasteiger partial charge in [0.25, 0.3) is 5.91 Å². The van der Waals surface area contributed by atoms with E-state index in [1.165, 1.54) is 0 Å². The van der Waals surface area contributed by atoms with Crippen molar-refractivity contribution in [3.8, 4) is 0 Å². The number of aliphatic hydroxyl groups is 1. The van der Waals surface area contributed by atoms with Crippen LogP contribution in [0.5, 0.6) is 0 Å². The zero-order valence-electron chi connectivity index (χ0n) is 8.18. The Kier molecular flexibility index (Phi) is 4.06. The Morgan fingerprint density at radius 1 is 1.75 bits per heavy atom. The number of carbonyl (C=O) groups is 2. The van der Waals surface area contributed by atoms with Gasteiger partial charge in [0, 0.05) is 4.91 Å². The molecular weight excluding hydrogens is 220 g/mol. The molecule has 2 N–H and O–H groups in total. The molecule has 9 heteroatoms. The van der Waals surface area contributed by atoms with Crippen molar-refractivity contribution in [1.82, 2.24) is 5.06 Å². The fourth-order valence-electron chi connectivity index (χ4n) is 1.19. The van der Waals surface area contributed by atoms with Crippen LogP contribution < -0.4 is 0 Å². The minimum Gasteiger partial charge on any atom is -0.481 e. The highest BCUT2D eigenvalue weighted by Crippen LogP contribution is 2.13. The Morgan fingerprint density at radius 3 is 3.00 bits per heavy atom. The molecule has 0 unspecified atom stereocenters. The fourth-order valence-corrected chi connectivity index (χ4v) is 1.19. The molecule has 1 rings (SSSR count). The number of hydrogen-bond donors (Lipinski definition) is 2. The Balaban J connectivity index is 2.65. The van der Waals surface area contributed by atoms with Crippen LogP contribution in [-0.4, -0.2) is 52.5 Å². The van der Waals surface area contributed by atoms with Gasteiger partial charge in [-0.15, -0.1) is 0 Å². The molecule has 0 aliphatic carbocycles. The van der Waals surface area contributed by atoms with Crippen molar-refractivity contribution in [2.24, 2.45) is 5.11 Å². The molecule has 0 radical (unpaired) electrons. The average molecular weight is 230 g/mol. The van der Waals surface area contributed by atoms with Crippen LogP contribution in [0.4, 0.5) is 0 Å². The van der Waals surface area contributed by atoms with Crippen molar-refractivity contribution in [2.45, 2.75) is 18.6 Å². The molecule has 1 aliphatic rings. The molecule has 1 amide bonds. The number of aliphatic carboxylic acids is 1. The zero-order chi connectivity index (χ0) is 12.1. The lowest BCUT2D eigenvalue weighted by atomic mass is 10.1. The van der Waals surface area contributed by atoms with Gasteiger partial charge in [-0.25, -0.2) is 5.06 Å². The first kappa shape index (κ1) is 12.2. The first-order chi connectivity index (χ1) is 7.56. The van der Waals surface area contributed by atoms with E-state index >= 15 is 0 Å². The van der Waals surface area contributed by atoms with Crippen molar-refractivity contribution in [3.63, 3.8) is 0 Å². The zero-order valence-corrected chi connectivity index (χ0v) is 8.18. The van der Waals surface area contributed by atoms with Gasteiger partial charge in [0.05, 0.1) is 19.1 Å². The van der Waals surface area contributed by atoms with Crippen LogP contribution in [0, 0.1) is 0 Å². The van der Waals surface area contributed by atoms with Gasteiger partial charge in [0.15, 0.2) is 0 Å². The number of hydroxylamine groups is 2. The van der Waals surface area contributed by atoms with E-state index in [1.54, 1.807) is 0 Å². The molecule has 0 spiro atoms. The third-order valence-electron chi connectivity index (χ3n) is 1.97. The summed E-state index contributed by atoms with van der Waals surface area (Å²) in [4.78, 5) is 29.1. The molecule has 0 saturated carbocycles. The molecule has 16 heavy (non-hydrogen) atoms. The fraction of sp³-hybridized carbons (Fsp3) is 0.714. The van der Waals surface area contributed by atoms with Gasteiger partial charge in [-0.3, -0.25) is 14.4 Å². The average Bonchev–Trinajstić information content (AvgIpc) is 2.23. The Morgan fingerprint density at radius 2 is 2.44 bits per heavy atom. The van der Waals surface area contributed by atoms with Crippen molar-refractivity contribution >= 4 is 11.9 Å². The third kappa shape index (κ3) is 2.83. The second-order valence-electron chi connectivity index (χ2n) is 3.10. The highest BCUT2D eigenvalue weighted by molar-refractivity contribution is 5.82. The summed E-state index contributed by atoms with van der Waals surface area (Å²) < 4.78 is 0. The van der Waals surface area contributed by atoms with Gasteiger partial charge in [-0.2, -0.15) is 0 Å². The predicted octanol–water partition coefficient (Wildman–Crippen LogP) is -0.725. The van der Waals surface area contributed by atoms with E-state index < -0.39 is 24.0 Å². The lowest BCUT2D eigenvalue weighted by Crippen LogP contribution is -2.52. The minimum atomic E-state index is -1.26. The molecule has 0 aromatic rings. The van der Waals surface area contributed by atoms with Crippen LogP contribution in [-0.2, 0) is 14.4 Å². The van der Waals surface area contributed by atoms with Crippen LogP contribution in [0.15, 0.2) is 5.11 Å². The normalized spacial score (nSPS) is 25.1. The highest BCUT2D eigenvalue weighted by Gasteiger charge is 2.36. The number of nitrogens with zero attached hydrogens (tertiary/aromatic N) is 4. The first-order valence-corrected chi connectivity index (χ1v) is 4.44. The van der Waals surface area contributed by atoms with Crippen molar-refractivity contribution in [1.29, 1.82) is 0 Å². The first-order valence-electron chi connectivity index (χ1n) is 4.44. The van der Waals surface area contributed by atoms with Crippen molar-refractivity contribution in [2.75, 3.05) is 13.2 Å². The van der Waals surface area contributed by atoms with Gasteiger partial charge < -0.3 is 10.2 Å². The van der Waals surface area contributed by atoms with Gasteiger partial charge in [-0.1, -0.05) is 5.11 Å². The summed E-state index contributed by atoms with van der Waals surface area (Å²) in [5.74, 6) is -1.82. The summed E-state index contributed by atoms with van der Waals surface area (Å²) in [5.41, 5.74) is 8.20. The Hall–Kier alpha value is -1.83. The summed E-state index contributed by atoms with van der Waals surface area (Å²) in [5, 5.41) is 21.7. The molecule has 0 aromatic carbocycles. The van der Waals surface area contributed by atoms with E-state index in [0.29, 0.717) is 0 Å². The number of aliphatic hydroxyl groups excluding tert-OH is 1. The molecule has 1 saturated heterocycles. The molecule has 9 nitrogen and oxygen atoms in total. The molecule has 1 heterocycles. The quantitative estimate of drug-likeness (QED) is 0.373. The summed E-state index contributed by atoms with van der Waals surface area (Å²) in [6, 6.07) is -1.26. The predicted molar refractivity (Wildman–Crippen MR) is 48.9 cm³/mol. The standard InChI is InChI=1S/C7H10N4O5/c8-10-9-6-4(12)3-16-11(7(6)15)2-1-5(13)14/h4,6,12H,1-3H2,(H,13,14)/t4-,6-/m0/s1. The summed E-state index contributed by atoms with van der Waals surface area (Å²) in [6.07, 6.45) is -1.49. The second kappa shape index (κ2) is 5.31. The van der Waals surface area contributed by atoms with Crippen molar-refractivity contribution in [3.05, 3.63) is 10.4 Å². The minimum absolute atomic E-state index is 0.154. The molecule has 2 atom stereocenters. The van der Waals surface area contributed by atoms with Gasteiger partial charge >= 0.3 is 5.97 Å². The van der Waals surface area contributed by atoms with Gasteiger partial charge in [-0.05, 0) is 5.53 Å². The number of rotatable bonds is 4. The lowest BCUT2D eigenvalue weighted by Gasteiger charge is -2.32. The lowest BCUT2D eigenvalue weighted by molar-refractivity contribution is -0.217. The largest absolute Gasteiger partial charge is 0.481 e. The van der Waals surface area contributed by atoms with E-state index in [-0.39, 0.29) is 19.6 Å². The maximum absolute atomic E-state index is 11.5. The SMILES string of the molecule is [N-]=[N+]=N[C@@H]1C(=O)N(CCC(=O)O)OC[C@@H]1O. The maximum Gasteiger partial charge on any atom is 0.305 e. The molecule has 88 valence electrons. The van der Waals surface area contributed by atoms with Crippen LogP contribution in [0.2, 0.25) is 0 Å². The van der Waals surface area contributed by atoms with Crippen LogP contribution in [0.3, 0.4) is 0 Å². The summed E-state index contributed by atoms with van der Waals surface area (Å²) >= 11 is 0. The monoisotopic (exact) mass is 230 g/mol. The topological polar surface area (TPSA) is 136 Å². The number of carboxylic acids is 1. The van der Waals surface area contributed by atoms with Gasteiger partial charge in [0.1, 0.15) is 12.6 Å². The molecule has 0 bridgehead atoms. The van der Waals surface area contributed by atoms with E-state index in [4.69, 9.17) is 15.5 Å². The number of carbonyl (C=O) groups excluding carboxylic acids is 1. The molecule has 1 aliphatic heterocycles. The van der Waals surface area contributed by atoms with E-state index in [2.05, 4.69) is 10.0 Å². The maximum atomic E-state index is 11.5. The highest BCUT2D eigenvalue weighted by atomic mass is 16.7. The third-order valence-corrected chi connectivity index (χ3v) is 1.97. The van der Waals surface area contributed by atoms with Gasteiger partial charge in [0.2, 0.25) is 0 Å². The molecule has 0 aromatic heterocycles. The van der Waals surface area contributed by atoms with Crippen LogP contribution in [0.25, 0.3) is 10.4 Å². The van der Waals surface area contributed by atoms with E-state index in [1.807, 2.05) is 0 Å². The molecule has 1 fully saturated rings. The number of azide groups is 1. The second-order valence-corrected chi connectivity index (χ2v) is 3.10. The van der Waals surface area contributed by atoms with Crippen LogP contribution in [0.1, 0.15) is 6.42 Å². The smallest absolute Gasteiger partial charge is 0.305 e.